The minimum atomic E-state index is -0.994. The number of hydrogen-bond donors (Lipinski definition) is 4. The standard InChI is InChI=1S/C24H25N5O5/c1-33-20-8-5-16(11-21(20)34-2)19-12-22-25-9-10-29(22)24(28-19)27-17-6-3-15(4-7-17)23(32)26-13-18(31)14-30/h3-12,18,30-31H,13-14H2,1-2H3,(H,26,32)(H,27,28). The van der Waals surface area contributed by atoms with Crippen molar-refractivity contribution < 1.29 is 24.5 Å². The molecule has 176 valence electrons. The largest absolute Gasteiger partial charge is 0.493 e. The monoisotopic (exact) mass is 463 g/mol. The Bertz CT molecular complexity index is 1290. The highest BCUT2D eigenvalue weighted by molar-refractivity contribution is 5.94. The summed E-state index contributed by atoms with van der Waals surface area (Å²) >= 11 is 0. The van der Waals surface area contributed by atoms with Crippen molar-refractivity contribution >= 4 is 23.2 Å². The molecule has 0 spiro atoms. The van der Waals surface area contributed by atoms with Gasteiger partial charge < -0.3 is 30.3 Å². The zero-order valence-corrected chi connectivity index (χ0v) is 18.7. The third kappa shape index (κ3) is 4.92. The average molecular weight is 463 g/mol. The SMILES string of the molecule is COc1ccc(-c2cc3nccn3c(Nc3ccc(C(=O)NCC(O)CO)cc3)n2)cc1OC. The van der Waals surface area contributed by atoms with E-state index in [0.717, 1.165) is 11.3 Å². The molecular formula is C24H25N5O5. The van der Waals surface area contributed by atoms with Crippen LogP contribution in [0.4, 0.5) is 11.6 Å². The van der Waals surface area contributed by atoms with Gasteiger partial charge in [0.05, 0.1) is 32.6 Å². The molecule has 0 saturated carbocycles. The van der Waals surface area contributed by atoms with Gasteiger partial charge in [0.25, 0.3) is 5.91 Å². The summed E-state index contributed by atoms with van der Waals surface area (Å²) in [6.07, 6.45) is 2.50. The highest BCUT2D eigenvalue weighted by Crippen LogP contribution is 2.32. The number of benzene rings is 2. The molecule has 4 aromatic rings. The number of rotatable bonds is 9. The fourth-order valence-electron chi connectivity index (χ4n) is 3.37. The molecule has 0 radical (unpaired) electrons. The quantitative estimate of drug-likeness (QED) is 0.297. The van der Waals surface area contributed by atoms with Crippen molar-refractivity contribution in [3.05, 3.63) is 66.5 Å². The number of aliphatic hydroxyl groups excluding tert-OH is 2. The first-order valence-corrected chi connectivity index (χ1v) is 10.5. The van der Waals surface area contributed by atoms with Crippen LogP contribution in [0.1, 0.15) is 10.4 Å². The molecule has 0 saturated heterocycles. The summed E-state index contributed by atoms with van der Waals surface area (Å²) in [4.78, 5) is 21.4. The molecule has 10 heteroatoms. The van der Waals surface area contributed by atoms with Crippen LogP contribution >= 0.6 is 0 Å². The molecule has 4 N–H and O–H groups in total. The van der Waals surface area contributed by atoms with Crippen molar-refractivity contribution in [3.8, 4) is 22.8 Å². The molecule has 0 aliphatic carbocycles. The summed E-state index contributed by atoms with van der Waals surface area (Å²) in [5.74, 6) is 1.43. The highest BCUT2D eigenvalue weighted by atomic mass is 16.5. The van der Waals surface area contributed by atoms with E-state index < -0.39 is 12.7 Å². The number of imidazole rings is 1. The predicted octanol–water partition coefficient (Wildman–Crippen LogP) is 2.24. The summed E-state index contributed by atoms with van der Waals surface area (Å²) in [6.45, 7) is -0.442. The number of carbonyl (C=O) groups is 1. The Hall–Kier alpha value is -4.15. The Morgan fingerprint density at radius 2 is 1.85 bits per heavy atom. The van der Waals surface area contributed by atoms with Gasteiger partial charge in [-0.05, 0) is 42.5 Å². The molecule has 0 aliphatic rings. The van der Waals surface area contributed by atoms with E-state index in [-0.39, 0.29) is 12.5 Å². The van der Waals surface area contributed by atoms with Gasteiger partial charge >= 0.3 is 0 Å². The van der Waals surface area contributed by atoms with Crippen molar-refractivity contribution in [2.24, 2.45) is 0 Å². The predicted molar refractivity (Wildman–Crippen MR) is 127 cm³/mol. The second-order valence-electron chi connectivity index (χ2n) is 7.44. The summed E-state index contributed by atoms with van der Waals surface area (Å²) in [7, 11) is 3.17. The number of hydrogen-bond acceptors (Lipinski definition) is 8. The number of aromatic nitrogens is 3. The minimum Gasteiger partial charge on any atom is -0.493 e. The second-order valence-corrected chi connectivity index (χ2v) is 7.44. The van der Waals surface area contributed by atoms with Crippen molar-refractivity contribution in [3.63, 3.8) is 0 Å². The topological polar surface area (TPSA) is 130 Å². The summed E-state index contributed by atoms with van der Waals surface area (Å²) in [5, 5.41) is 24.1. The average Bonchev–Trinajstić information content (AvgIpc) is 3.36. The van der Waals surface area contributed by atoms with Gasteiger partial charge in [-0.2, -0.15) is 0 Å². The lowest BCUT2D eigenvalue weighted by molar-refractivity contribution is 0.0802. The number of nitrogens with zero attached hydrogens (tertiary/aromatic N) is 3. The molecule has 2 heterocycles. The van der Waals surface area contributed by atoms with Gasteiger partial charge in [0, 0.05) is 41.8 Å². The number of carbonyl (C=O) groups excluding carboxylic acids is 1. The van der Waals surface area contributed by atoms with Gasteiger partial charge in [-0.1, -0.05) is 0 Å². The molecule has 1 amide bonds. The zero-order valence-electron chi connectivity index (χ0n) is 18.7. The molecule has 0 fully saturated rings. The van der Waals surface area contributed by atoms with Crippen LogP contribution in [0.2, 0.25) is 0 Å². The third-order valence-corrected chi connectivity index (χ3v) is 5.18. The zero-order chi connectivity index (χ0) is 24.1. The number of anilines is 2. The van der Waals surface area contributed by atoms with Gasteiger partial charge in [-0.25, -0.2) is 9.97 Å². The van der Waals surface area contributed by atoms with Gasteiger partial charge in [0.15, 0.2) is 11.5 Å². The van der Waals surface area contributed by atoms with Gasteiger partial charge in [-0.3, -0.25) is 9.20 Å². The van der Waals surface area contributed by atoms with E-state index in [1.165, 1.54) is 0 Å². The first-order valence-electron chi connectivity index (χ1n) is 10.5. The minimum absolute atomic E-state index is 0.0270. The van der Waals surface area contributed by atoms with Crippen LogP contribution in [0, 0.1) is 0 Å². The molecule has 34 heavy (non-hydrogen) atoms. The molecule has 0 aliphatic heterocycles. The highest BCUT2D eigenvalue weighted by Gasteiger charge is 2.13. The van der Waals surface area contributed by atoms with Crippen LogP contribution in [0.3, 0.4) is 0 Å². The molecule has 10 nitrogen and oxygen atoms in total. The molecular weight excluding hydrogens is 438 g/mol. The Morgan fingerprint density at radius 3 is 2.56 bits per heavy atom. The van der Waals surface area contributed by atoms with E-state index in [1.54, 1.807) is 50.9 Å². The van der Waals surface area contributed by atoms with E-state index in [1.807, 2.05) is 28.7 Å². The Balaban J connectivity index is 1.59. The summed E-state index contributed by atoms with van der Waals surface area (Å²) < 4.78 is 12.6. The van der Waals surface area contributed by atoms with Crippen LogP contribution < -0.4 is 20.1 Å². The van der Waals surface area contributed by atoms with Crippen LogP contribution in [-0.4, -0.2) is 64.0 Å². The van der Waals surface area contributed by atoms with Gasteiger partial charge in [-0.15, -0.1) is 0 Å². The summed E-state index contributed by atoms with van der Waals surface area (Å²) in [6, 6.07) is 14.3. The van der Waals surface area contributed by atoms with Crippen LogP contribution in [0.25, 0.3) is 16.9 Å². The Kier molecular flexibility index (Phi) is 6.90. The van der Waals surface area contributed by atoms with E-state index in [9.17, 15) is 9.90 Å². The van der Waals surface area contributed by atoms with Gasteiger partial charge in [0.1, 0.15) is 5.65 Å². The number of nitrogens with one attached hydrogen (secondary N) is 2. The number of fused-ring (bicyclic) bond motifs is 1. The lowest BCUT2D eigenvalue weighted by atomic mass is 10.1. The number of amides is 1. The fourth-order valence-corrected chi connectivity index (χ4v) is 3.37. The Morgan fingerprint density at radius 1 is 1.09 bits per heavy atom. The van der Waals surface area contributed by atoms with Crippen molar-refractivity contribution in [2.45, 2.75) is 6.10 Å². The maximum absolute atomic E-state index is 12.2. The maximum atomic E-state index is 12.2. The van der Waals surface area contributed by atoms with Gasteiger partial charge in [0.2, 0.25) is 5.95 Å². The van der Waals surface area contributed by atoms with E-state index in [0.29, 0.717) is 34.4 Å². The van der Waals surface area contributed by atoms with E-state index in [2.05, 4.69) is 15.6 Å². The normalized spacial score (nSPS) is 11.8. The van der Waals surface area contributed by atoms with E-state index in [4.69, 9.17) is 19.6 Å². The maximum Gasteiger partial charge on any atom is 0.251 e. The lowest BCUT2D eigenvalue weighted by Gasteiger charge is -2.13. The molecule has 2 aromatic carbocycles. The van der Waals surface area contributed by atoms with E-state index >= 15 is 0 Å². The fraction of sp³-hybridized carbons (Fsp3) is 0.208. The second kappa shape index (κ2) is 10.2. The molecule has 0 bridgehead atoms. The molecule has 1 unspecified atom stereocenters. The summed E-state index contributed by atoms with van der Waals surface area (Å²) in [5.41, 5.74) is 3.39. The third-order valence-electron chi connectivity index (χ3n) is 5.18. The first-order chi connectivity index (χ1) is 16.5. The smallest absolute Gasteiger partial charge is 0.251 e. The Labute approximate surface area is 195 Å². The van der Waals surface area contributed by atoms with Crippen molar-refractivity contribution in [2.75, 3.05) is 32.7 Å². The number of aliphatic hydroxyl groups is 2. The van der Waals surface area contributed by atoms with Crippen LogP contribution in [0.15, 0.2) is 60.9 Å². The van der Waals surface area contributed by atoms with Crippen molar-refractivity contribution in [1.29, 1.82) is 0 Å². The number of methoxy groups -OCH3 is 2. The van der Waals surface area contributed by atoms with Crippen LogP contribution in [0.5, 0.6) is 11.5 Å². The first kappa shape index (κ1) is 23.0. The lowest BCUT2D eigenvalue weighted by Crippen LogP contribution is -2.33. The molecule has 2 aromatic heterocycles. The van der Waals surface area contributed by atoms with Crippen LogP contribution in [-0.2, 0) is 0 Å². The van der Waals surface area contributed by atoms with Crippen molar-refractivity contribution in [1.82, 2.24) is 19.7 Å². The molecule has 4 rings (SSSR count). The number of ether oxygens (including phenoxy) is 2. The molecule has 1 atom stereocenters.